The molecule has 0 aromatic heterocycles. The van der Waals surface area contributed by atoms with Gasteiger partial charge in [0.2, 0.25) is 0 Å². The Morgan fingerprint density at radius 2 is 1.94 bits per heavy atom. The molecule has 5 heteroatoms. The molecule has 17 heavy (non-hydrogen) atoms. The third kappa shape index (κ3) is 1.89. The first-order chi connectivity index (χ1) is 8.19. The summed E-state index contributed by atoms with van der Waals surface area (Å²) < 4.78 is 5.28. The average Bonchev–Trinajstić information content (AvgIpc) is 2.55. The van der Waals surface area contributed by atoms with Crippen molar-refractivity contribution in [3.8, 4) is 5.75 Å². The van der Waals surface area contributed by atoms with E-state index < -0.39 is 0 Å². The van der Waals surface area contributed by atoms with E-state index in [0.29, 0.717) is 23.5 Å². The van der Waals surface area contributed by atoms with Crippen molar-refractivity contribution < 1.29 is 19.4 Å². The van der Waals surface area contributed by atoms with Crippen LogP contribution in [0.3, 0.4) is 0 Å². The van der Waals surface area contributed by atoms with Gasteiger partial charge in [0.25, 0.3) is 11.8 Å². The standard InChI is InChI=1S/C12H13NO4/c1-2-17-8-3-4-9-10(7-8)12(16)13(5-6-14)11(9)15/h3-4,7,14H,2,5-6H2,1H3. The normalized spacial score (nSPS) is 14.1. The number of ether oxygens (including phenoxy) is 1. The van der Waals surface area contributed by atoms with Gasteiger partial charge in [-0.2, -0.15) is 0 Å². The van der Waals surface area contributed by atoms with Crippen LogP contribution < -0.4 is 4.74 Å². The summed E-state index contributed by atoms with van der Waals surface area (Å²) in [6, 6.07) is 4.81. The summed E-state index contributed by atoms with van der Waals surface area (Å²) in [4.78, 5) is 24.8. The Balaban J connectivity index is 2.36. The van der Waals surface area contributed by atoms with Crippen LogP contribution in [0.15, 0.2) is 18.2 Å². The molecule has 0 atom stereocenters. The molecule has 2 rings (SSSR count). The van der Waals surface area contributed by atoms with Crippen molar-refractivity contribution >= 4 is 11.8 Å². The molecule has 0 aliphatic carbocycles. The predicted octanol–water partition coefficient (Wildman–Crippen LogP) is 0.674. The Kier molecular flexibility index (Phi) is 3.10. The minimum atomic E-state index is -0.374. The first-order valence-corrected chi connectivity index (χ1v) is 5.43. The molecular formula is C12H13NO4. The number of benzene rings is 1. The van der Waals surface area contributed by atoms with Crippen LogP contribution >= 0.6 is 0 Å². The van der Waals surface area contributed by atoms with Crippen LogP contribution in [0.5, 0.6) is 5.75 Å². The molecule has 0 fully saturated rings. The molecule has 0 saturated carbocycles. The Labute approximate surface area is 98.6 Å². The zero-order chi connectivity index (χ0) is 12.4. The monoisotopic (exact) mass is 235 g/mol. The van der Waals surface area contributed by atoms with Gasteiger partial charge in [-0.05, 0) is 25.1 Å². The van der Waals surface area contributed by atoms with Gasteiger partial charge < -0.3 is 9.84 Å². The van der Waals surface area contributed by atoms with Crippen molar-refractivity contribution in [2.24, 2.45) is 0 Å². The number of imide groups is 1. The van der Waals surface area contributed by atoms with Gasteiger partial charge in [-0.3, -0.25) is 14.5 Å². The summed E-state index contributed by atoms with van der Waals surface area (Å²) in [5, 5.41) is 8.81. The zero-order valence-corrected chi connectivity index (χ0v) is 9.47. The molecule has 0 unspecified atom stereocenters. The van der Waals surface area contributed by atoms with Crippen molar-refractivity contribution in [2.75, 3.05) is 19.8 Å². The fourth-order valence-electron chi connectivity index (χ4n) is 1.83. The van der Waals surface area contributed by atoms with Gasteiger partial charge in [0.05, 0.1) is 30.9 Å². The molecule has 1 N–H and O–H groups in total. The predicted molar refractivity (Wildman–Crippen MR) is 60.1 cm³/mol. The van der Waals surface area contributed by atoms with Crippen LogP contribution in [0.4, 0.5) is 0 Å². The van der Waals surface area contributed by atoms with E-state index in [4.69, 9.17) is 9.84 Å². The number of hydrogen-bond acceptors (Lipinski definition) is 4. The van der Waals surface area contributed by atoms with Gasteiger partial charge in [-0.15, -0.1) is 0 Å². The molecule has 2 amide bonds. The summed E-state index contributed by atoms with van der Waals surface area (Å²) in [6.07, 6.45) is 0. The van der Waals surface area contributed by atoms with Crippen molar-refractivity contribution in [1.29, 1.82) is 0 Å². The maximum atomic E-state index is 11.9. The summed E-state index contributed by atoms with van der Waals surface area (Å²) in [7, 11) is 0. The van der Waals surface area contributed by atoms with Gasteiger partial charge >= 0.3 is 0 Å². The van der Waals surface area contributed by atoms with Crippen LogP contribution in [0.25, 0.3) is 0 Å². The lowest BCUT2D eigenvalue weighted by molar-refractivity contribution is 0.0624. The van der Waals surface area contributed by atoms with Gasteiger partial charge in [0.15, 0.2) is 0 Å². The molecular weight excluding hydrogens is 222 g/mol. The number of carbonyl (C=O) groups is 2. The molecule has 1 aliphatic rings. The Morgan fingerprint density at radius 3 is 2.59 bits per heavy atom. The molecule has 90 valence electrons. The fraction of sp³-hybridized carbons (Fsp3) is 0.333. The van der Waals surface area contributed by atoms with Crippen molar-refractivity contribution in [2.45, 2.75) is 6.92 Å². The zero-order valence-electron chi connectivity index (χ0n) is 9.47. The lowest BCUT2D eigenvalue weighted by Gasteiger charge is -2.10. The quantitative estimate of drug-likeness (QED) is 0.779. The highest BCUT2D eigenvalue weighted by Crippen LogP contribution is 2.26. The fourth-order valence-corrected chi connectivity index (χ4v) is 1.83. The molecule has 0 saturated heterocycles. The third-order valence-corrected chi connectivity index (χ3v) is 2.58. The number of nitrogens with zero attached hydrogens (tertiary/aromatic N) is 1. The van der Waals surface area contributed by atoms with E-state index in [1.165, 1.54) is 0 Å². The Bertz CT molecular complexity index is 470. The number of carbonyl (C=O) groups excluding carboxylic acids is 2. The summed E-state index contributed by atoms with van der Waals surface area (Å²) in [5.41, 5.74) is 0.710. The van der Waals surface area contributed by atoms with Gasteiger partial charge in [-0.25, -0.2) is 0 Å². The molecule has 0 bridgehead atoms. The van der Waals surface area contributed by atoms with Gasteiger partial charge in [0, 0.05) is 0 Å². The highest BCUT2D eigenvalue weighted by Gasteiger charge is 2.35. The minimum Gasteiger partial charge on any atom is -0.494 e. The van der Waals surface area contributed by atoms with Gasteiger partial charge in [0.1, 0.15) is 5.75 Å². The van der Waals surface area contributed by atoms with Crippen molar-refractivity contribution in [3.05, 3.63) is 29.3 Å². The average molecular weight is 235 g/mol. The highest BCUT2D eigenvalue weighted by atomic mass is 16.5. The van der Waals surface area contributed by atoms with Gasteiger partial charge in [-0.1, -0.05) is 0 Å². The lowest BCUT2D eigenvalue weighted by atomic mass is 10.1. The largest absolute Gasteiger partial charge is 0.494 e. The first kappa shape index (κ1) is 11.6. The SMILES string of the molecule is CCOc1ccc2c(c1)C(=O)N(CCO)C2=O. The molecule has 1 aromatic carbocycles. The van der Waals surface area contributed by atoms with E-state index in [0.717, 1.165) is 4.90 Å². The van der Waals surface area contributed by atoms with E-state index >= 15 is 0 Å². The molecule has 0 spiro atoms. The van der Waals surface area contributed by atoms with Crippen molar-refractivity contribution in [3.63, 3.8) is 0 Å². The molecule has 1 heterocycles. The van der Waals surface area contributed by atoms with E-state index in [-0.39, 0.29) is 25.0 Å². The number of β-amino-alcohol motifs (C(OH)–C–C–N with tert-alkyl or cyclic N) is 1. The maximum Gasteiger partial charge on any atom is 0.261 e. The van der Waals surface area contributed by atoms with E-state index in [1.807, 2.05) is 6.92 Å². The number of fused-ring (bicyclic) bond motifs is 1. The second-order valence-electron chi connectivity index (χ2n) is 3.63. The second-order valence-corrected chi connectivity index (χ2v) is 3.63. The van der Waals surface area contributed by atoms with Crippen LogP contribution in [-0.2, 0) is 0 Å². The number of rotatable bonds is 4. The Morgan fingerprint density at radius 1 is 1.24 bits per heavy atom. The topological polar surface area (TPSA) is 66.8 Å². The Hall–Kier alpha value is -1.88. The van der Waals surface area contributed by atoms with Crippen LogP contribution in [0.1, 0.15) is 27.6 Å². The van der Waals surface area contributed by atoms with Crippen molar-refractivity contribution in [1.82, 2.24) is 4.90 Å². The highest BCUT2D eigenvalue weighted by molar-refractivity contribution is 6.21. The third-order valence-electron chi connectivity index (χ3n) is 2.58. The molecule has 1 aromatic rings. The number of hydrogen-bond donors (Lipinski definition) is 1. The first-order valence-electron chi connectivity index (χ1n) is 5.43. The smallest absolute Gasteiger partial charge is 0.261 e. The number of aliphatic hydroxyl groups is 1. The summed E-state index contributed by atoms with van der Waals surface area (Å²) >= 11 is 0. The molecule has 5 nitrogen and oxygen atoms in total. The molecule has 1 aliphatic heterocycles. The van der Waals surface area contributed by atoms with E-state index in [9.17, 15) is 9.59 Å². The second kappa shape index (κ2) is 4.55. The van der Waals surface area contributed by atoms with E-state index in [2.05, 4.69) is 0 Å². The minimum absolute atomic E-state index is 0.0241. The number of aliphatic hydroxyl groups excluding tert-OH is 1. The molecule has 0 radical (unpaired) electrons. The number of amides is 2. The summed E-state index contributed by atoms with van der Waals surface area (Å²) in [6.45, 7) is 2.14. The van der Waals surface area contributed by atoms with Crippen LogP contribution in [0, 0.1) is 0 Å². The van der Waals surface area contributed by atoms with E-state index in [1.54, 1.807) is 18.2 Å². The van der Waals surface area contributed by atoms with Crippen LogP contribution in [-0.4, -0.2) is 41.6 Å². The lowest BCUT2D eigenvalue weighted by Crippen LogP contribution is -2.32. The maximum absolute atomic E-state index is 11.9. The summed E-state index contributed by atoms with van der Waals surface area (Å²) in [5.74, 6) is -0.166. The van der Waals surface area contributed by atoms with Crippen LogP contribution in [0.2, 0.25) is 0 Å².